The molecule has 5 nitrogen and oxygen atoms in total. The molecule has 0 unspecified atom stereocenters. The average molecular weight is 283 g/mol. The number of hydrogen-bond donors (Lipinski definition) is 3. The number of aliphatic hydroxyl groups is 1. The predicted molar refractivity (Wildman–Crippen MR) is 79.7 cm³/mol. The summed E-state index contributed by atoms with van der Waals surface area (Å²) < 4.78 is 0. The van der Waals surface area contributed by atoms with Gasteiger partial charge in [0.25, 0.3) is 0 Å². The lowest BCUT2D eigenvalue weighted by Crippen LogP contribution is -2.53. The Balaban J connectivity index is 1.67. The molecule has 1 saturated carbocycles. The summed E-state index contributed by atoms with van der Waals surface area (Å²) in [7, 11) is 0. The summed E-state index contributed by atoms with van der Waals surface area (Å²) in [6.45, 7) is 5.51. The topological polar surface area (TPSA) is 64.6 Å². The number of carbonyl (C=O) groups is 1. The molecular formula is C15H29N3O2. The van der Waals surface area contributed by atoms with Crippen LogP contribution in [-0.2, 0) is 0 Å². The van der Waals surface area contributed by atoms with Gasteiger partial charge in [-0.3, -0.25) is 0 Å². The first-order chi connectivity index (χ1) is 9.69. The minimum absolute atomic E-state index is 0.0658. The molecule has 2 fully saturated rings. The predicted octanol–water partition coefficient (Wildman–Crippen LogP) is 1.46. The van der Waals surface area contributed by atoms with Crippen LogP contribution in [0.25, 0.3) is 0 Å². The zero-order valence-electron chi connectivity index (χ0n) is 12.6. The van der Waals surface area contributed by atoms with Crippen molar-refractivity contribution >= 4 is 6.03 Å². The number of hydrogen-bond acceptors (Lipinski definition) is 3. The van der Waals surface area contributed by atoms with Crippen molar-refractivity contribution in [1.82, 2.24) is 15.5 Å². The molecule has 0 radical (unpaired) electrons. The molecule has 2 atom stereocenters. The SMILES string of the molecule is CCCN1CCC(NC(=O)N[C@H]2CCCC[C@H]2O)CC1. The molecule has 3 N–H and O–H groups in total. The first-order valence-corrected chi connectivity index (χ1v) is 8.16. The van der Waals surface area contributed by atoms with E-state index < -0.39 is 0 Å². The van der Waals surface area contributed by atoms with E-state index in [2.05, 4.69) is 22.5 Å². The zero-order valence-corrected chi connectivity index (χ0v) is 12.6. The summed E-state index contributed by atoms with van der Waals surface area (Å²) in [5.41, 5.74) is 0. The summed E-state index contributed by atoms with van der Waals surface area (Å²) in [6.07, 6.45) is 6.73. The Morgan fingerprint density at radius 2 is 1.85 bits per heavy atom. The quantitative estimate of drug-likeness (QED) is 0.732. The van der Waals surface area contributed by atoms with Crippen LogP contribution in [0.5, 0.6) is 0 Å². The third kappa shape index (κ3) is 4.63. The van der Waals surface area contributed by atoms with Crippen LogP contribution in [-0.4, -0.2) is 53.9 Å². The lowest BCUT2D eigenvalue weighted by Gasteiger charge is -2.33. The summed E-state index contributed by atoms with van der Waals surface area (Å²) in [5.74, 6) is 0. The van der Waals surface area contributed by atoms with E-state index in [0.29, 0.717) is 0 Å². The highest BCUT2D eigenvalue weighted by Crippen LogP contribution is 2.18. The van der Waals surface area contributed by atoms with E-state index in [1.807, 2.05) is 0 Å². The first-order valence-electron chi connectivity index (χ1n) is 8.16. The number of carbonyl (C=O) groups excluding carboxylic acids is 1. The van der Waals surface area contributed by atoms with Gasteiger partial charge in [0.2, 0.25) is 0 Å². The number of aliphatic hydroxyl groups excluding tert-OH is 1. The molecule has 20 heavy (non-hydrogen) atoms. The molecular weight excluding hydrogens is 254 g/mol. The lowest BCUT2D eigenvalue weighted by atomic mass is 9.93. The van der Waals surface area contributed by atoms with Crippen LogP contribution in [0.15, 0.2) is 0 Å². The van der Waals surface area contributed by atoms with E-state index in [1.165, 1.54) is 6.42 Å². The molecule has 1 saturated heterocycles. The van der Waals surface area contributed by atoms with Crippen LogP contribution in [0, 0.1) is 0 Å². The zero-order chi connectivity index (χ0) is 14.4. The van der Waals surface area contributed by atoms with Crippen LogP contribution >= 0.6 is 0 Å². The molecule has 1 heterocycles. The Bertz CT molecular complexity index is 303. The molecule has 2 aliphatic rings. The van der Waals surface area contributed by atoms with Gasteiger partial charge >= 0.3 is 6.03 Å². The molecule has 0 aromatic carbocycles. The Morgan fingerprint density at radius 1 is 1.15 bits per heavy atom. The molecule has 2 amide bonds. The Morgan fingerprint density at radius 3 is 2.50 bits per heavy atom. The van der Waals surface area contributed by atoms with Crippen molar-refractivity contribution in [2.24, 2.45) is 0 Å². The molecule has 2 rings (SSSR count). The van der Waals surface area contributed by atoms with Crippen molar-refractivity contribution in [2.45, 2.75) is 70.1 Å². The summed E-state index contributed by atoms with van der Waals surface area (Å²) in [6, 6.07) is 0.109. The van der Waals surface area contributed by atoms with Gasteiger partial charge in [0.15, 0.2) is 0 Å². The lowest BCUT2D eigenvalue weighted by molar-refractivity contribution is 0.0935. The second kappa shape index (κ2) is 7.84. The number of urea groups is 1. The Labute approximate surface area is 122 Å². The van der Waals surface area contributed by atoms with Crippen molar-refractivity contribution in [1.29, 1.82) is 0 Å². The Kier molecular flexibility index (Phi) is 6.10. The maximum Gasteiger partial charge on any atom is 0.315 e. The molecule has 0 aromatic rings. The van der Waals surface area contributed by atoms with Crippen LogP contribution in [0.4, 0.5) is 4.79 Å². The van der Waals surface area contributed by atoms with Crippen LogP contribution in [0.3, 0.4) is 0 Å². The van der Waals surface area contributed by atoms with Crippen LogP contribution < -0.4 is 10.6 Å². The minimum Gasteiger partial charge on any atom is -0.391 e. The maximum atomic E-state index is 12.0. The van der Waals surface area contributed by atoms with Crippen LogP contribution in [0.2, 0.25) is 0 Å². The van der Waals surface area contributed by atoms with Gasteiger partial charge in [-0.25, -0.2) is 4.79 Å². The van der Waals surface area contributed by atoms with Crippen molar-refractivity contribution in [3.8, 4) is 0 Å². The van der Waals surface area contributed by atoms with E-state index in [0.717, 1.165) is 58.2 Å². The van der Waals surface area contributed by atoms with Gasteiger partial charge in [0, 0.05) is 19.1 Å². The van der Waals surface area contributed by atoms with Gasteiger partial charge in [-0.15, -0.1) is 0 Å². The first kappa shape index (κ1) is 15.6. The van der Waals surface area contributed by atoms with Gasteiger partial charge in [-0.2, -0.15) is 0 Å². The highest BCUT2D eigenvalue weighted by atomic mass is 16.3. The summed E-state index contributed by atoms with van der Waals surface area (Å²) >= 11 is 0. The minimum atomic E-state index is -0.374. The smallest absolute Gasteiger partial charge is 0.315 e. The van der Waals surface area contributed by atoms with Gasteiger partial charge in [-0.05, 0) is 38.6 Å². The molecule has 0 aromatic heterocycles. The van der Waals surface area contributed by atoms with Gasteiger partial charge in [0.05, 0.1) is 12.1 Å². The highest BCUT2D eigenvalue weighted by Gasteiger charge is 2.26. The number of likely N-dealkylation sites (tertiary alicyclic amines) is 1. The fourth-order valence-electron chi connectivity index (χ4n) is 3.29. The summed E-state index contributed by atoms with van der Waals surface area (Å²) in [4.78, 5) is 14.4. The van der Waals surface area contributed by atoms with Crippen molar-refractivity contribution in [3.63, 3.8) is 0 Å². The normalized spacial score (nSPS) is 29.1. The van der Waals surface area contributed by atoms with Crippen molar-refractivity contribution < 1.29 is 9.90 Å². The largest absolute Gasteiger partial charge is 0.391 e. The average Bonchev–Trinajstić information content (AvgIpc) is 2.44. The number of nitrogens with one attached hydrogen (secondary N) is 2. The van der Waals surface area contributed by atoms with E-state index in [9.17, 15) is 9.90 Å². The third-order valence-corrected chi connectivity index (χ3v) is 4.51. The number of rotatable bonds is 4. The summed E-state index contributed by atoms with van der Waals surface area (Å²) in [5, 5.41) is 15.9. The molecule has 5 heteroatoms. The highest BCUT2D eigenvalue weighted by molar-refractivity contribution is 5.74. The molecule has 1 aliphatic heterocycles. The molecule has 0 bridgehead atoms. The third-order valence-electron chi connectivity index (χ3n) is 4.51. The molecule has 1 aliphatic carbocycles. The van der Waals surface area contributed by atoms with Gasteiger partial charge in [0.1, 0.15) is 0 Å². The fraction of sp³-hybridized carbons (Fsp3) is 0.933. The molecule has 116 valence electrons. The van der Waals surface area contributed by atoms with E-state index >= 15 is 0 Å². The van der Waals surface area contributed by atoms with Crippen molar-refractivity contribution in [3.05, 3.63) is 0 Å². The fourth-order valence-corrected chi connectivity index (χ4v) is 3.29. The van der Waals surface area contributed by atoms with E-state index in [4.69, 9.17) is 0 Å². The van der Waals surface area contributed by atoms with E-state index in [1.54, 1.807) is 0 Å². The van der Waals surface area contributed by atoms with Gasteiger partial charge < -0.3 is 20.6 Å². The second-order valence-corrected chi connectivity index (χ2v) is 6.19. The van der Waals surface area contributed by atoms with Crippen LogP contribution in [0.1, 0.15) is 51.9 Å². The monoisotopic (exact) mass is 283 g/mol. The number of amides is 2. The maximum absolute atomic E-state index is 12.0. The van der Waals surface area contributed by atoms with Gasteiger partial charge in [-0.1, -0.05) is 19.8 Å². The van der Waals surface area contributed by atoms with Crippen molar-refractivity contribution in [2.75, 3.05) is 19.6 Å². The number of piperidine rings is 1. The Hall–Kier alpha value is -0.810. The number of nitrogens with zero attached hydrogens (tertiary/aromatic N) is 1. The van der Waals surface area contributed by atoms with E-state index in [-0.39, 0.29) is 24.2 Å². The molecule has 0 spiro atoms. The second-order valence-electron chi connectivity index (χ2n) is 6.19. The standard InChI is InChI=1S/C15H29N3O2/c1-2-9-18-10-7-12(8-11-18)16-15(20)17-13-5-3-4-6-14(13)19/h12-14,19H,2-11H2,1H3,(H2,16,17,20)/t13-,14+/m0/s1.